The molecule has 0 aliphatic heterocycles. The zero-order valence-corrected chi connectivity index (χ0v) is 14.6. The largest absolute Gasteiger partial charge is 0.415 e. The maximum absolute atomic E-state index is 6.10. The van der Waals surface area contributed by atoms with Crippen LogP contribution < -0.4 is 0 Å². The van der Waals surface area contributed by atoms with E-state index in [4.69, 9.17) is 27.6 Å². The summed E-state index contributed by atoms with van der Waals surface area (Å²) >= 11 is 12.1. The Morgan fingerprint density at radius 1 is 1.05 bits per heavy atom. The highest BCUT2D eigenvalue weighted by Gasteiger charge is 2.50. The van der Waals surface area contributed by atoms with Crippen LogP contribution in [0.25, 0.3) is 0 Å². The van der Waals surface area contributed by atoms with Gasteiger partial charge >= 0.3 is 0 Å². The van der Waals surface area contributed by atoms with Gasteiger partial charge in [-0.25, -0.2) is 0 Å². The average Bonchev–Trinajstić information content (AvgIpc) is 2.25. The molecule has 0 aromatic heterocycles. The van der Waals surface area contributed by atoms with Crippen LogP contribution in [-0.4, -0.2) is 19.4 Å². The van der Waals surface area contributed by atoms with E-state index in [9.17, 15) is 0 Å². The van der Waals surface area contributed by atoms with Gasteiger partial charge in [0.25, 0.3) is 0 Å². The Hall–Kier alpha value is 0.757. The Balaban J connectivity index is 1.55. The highest BCUT2D eigenvalue weighted by atomic mass is 35.5. The van der Waals surface area contributed by atoms with Gasteiger partial charge in [-0.1, -0.05) is 0 Å². The van der Waals surface area contributed by atoms with E-state index in [0.29, 0.717) is 5.41 Å². The number of alkyl halides is 2. The van der Waals surface area contributed by atoms with Crippen LogP contribution >= 0.6 is 23.2 Å². The van der Waals surface area contributed by atoms with Crippen LogP contribution in [0.5, 0.6) is 0 Å². The van der Waals surface area contributed by atoms with Crippen molar-refractivity contribution in [2.24, 2.45) is 23.2 Å². The van der Waals surface area contributed by atoms with Crippen molar-refractivity contribution in [3.05, 3.63) is 0 Å². The summed E-state index contributed by atoms with van der Waals surface area (Å²) in [7, 11) is -1.88. The second-order valence-corrected chi connectivity index (χ2v) is 13.8. The van der Waals surface area contributed by atoms with Gasteiger partial charge in [-0.15, -0.1) is 23.2 Å². The second kappa shape index (κ2) is 5.19. The molecule has 0 heterocycles. The molecule has 0 unspecified atom stereocenters. The summed E-state index contributed by atoms with van der Waals surface area (Å²) < 4.78 is 5.79. The first-order valence-electron chi connectivity index (χ1n) is 7.81. The van der Waals surface area contributed by atoms with E-state index in [0.717, 1.165) is 24.4 Å². The minimum Gasteiger partial charge on any atom is -0.415 e. The highest BCUT2D eigenvalue weighted by molar-refractivity contribution is 6.87. The number of halogens is 2. The van der Waals surface area contributed by atoms with E-state index in [1.807, 2.05) is 0 Å². The second-order valence-electron chi connectivity index (χ2n) is 7.92. The van der Waals surface area contributed by atoms with E-state index in [1.165, 1.54) is 44.9 Å². The molecule has 4 rings (SSSR count). The fraction of sp³-hybridized carbons (Fsp3) is 1.00. The highest BCUT2D eigenvalue weighted by Crippen LogP contribution is 2.61. The molecule has 0 aromatic carbocycles. The molecular weight excluding hydrogens is 295 g/mol. The van der Waals surface area contributed by atoms with Gasteiger partial charge in [0, 0.05) is 6.61 Å². The molecule has 0 saturated heterocycles. The van der Waals surface area contributed by atoms with Crippen molar-refractivity contribution >= 4 is 31.5 Å². The van der Waals surface area contributed by atoms with Crippen molar-refractivity contribution in [3.63, 3.8) is 0 Å². The maximum Gasteiger partial charge on any atom is 0.220 e. The fourth-order valence-corrected chi connectivity index (χ4v) is 6.32. The third-order valence-corrected chi connectivity index (χ3v) is 10.9. The van der Waals surface area contributed by atoms with Crippen LogP contribution in [0.4, 0.5) is 0 Å². The predicted octanol–water partition coefficient (Wildman–Crippen LogP) is 5.16. The lowest BCUT2D eigenvalue weighted by molar-refractivity contribution is -0.0626. The lowest BCUT2D eigenvalue weighted by Crippen LogP contribution is -2.47. The lowest BCUT2D eigenvalue weighted by Gasteiger charge is -2.57. The van der Waals surface area contributed by atoms with Gasteiger partial charge in [-0.2, -0.15) is 0 Å². The van der Waals surface area contributed by atoms with Crippen molar-refractivity contribution in [1.82, 2.24) is 0 Å². The van der Waals surface area contributed by atoms with Crippen LogP contribution in [0, 0.1) is 23.2 Å². The van der Waals surface area contributed by atoms with Gasteiger partial charge in [-0.3, -0.25) is 0 Å². The summed E-state index contributed by atoms with van der Waals surface area (Å²) in [5, 5.41) is 0. The Morgan fingerprint density at radius 2 is 1.53 bits per heavy atom. The van der Waals surface area contributed by atoms with E-state index in [-0.39, 0.29) is 4.46 Å². The quantitative estimate of drug-likeness (QED) is 0.502. The molecule has 0 radical (unpaired) electrons. The normalized spacial score (nSPS) is 41.2. The third kappa shape index (κ3) is 3.02. The van der Waals surface area contributed by atoms with Crippen LogP contribution in [-0.2, 0) is 4.43 Å². The summed E-state index contributed by atoms with van der Waals surface area (Å²) in [6, 6.07) is 0. The molecule has 4 aliphatic rings. The first kappa shape index (κ1) is 14.7. The average molecular weight is 321 g/mol. The standard InChI is InChI=1S/C15H26Cl2OSi/c1-19(2,14(16)17)18-4-3-15-8-11-5-12(9-15)7-13(6-11)10-15/h11-14H,3-10H2,1-2H3. The third-order valence-electron chi connectivity index (χ3n) is 5.80. The van der Waals surface area contributed by atoms with Gasteiger partial charge < -0.3 is 4.43 Å². The van der Waals surface area contributed by atoms with Crippen molar-refractivity contribution in [3.8, 4) is 0 Å². The molecule has 4 saturated carbocycles. The molecule has 4 bridgehead atoms. The molecule has 0 atom stereocenters. The first-order chi connectivity index (χ1) is 8.89. The smallest absolute Gasteiger partial charge is 0.220 e. The molecule has 1 nitrogen and oxygen atoms in total. The van der Waals surface area contributed by atoms with Crippen molar-refractivity contribution in [2.45, 2.75) is 62.5 Å². The van der Waals surface area contributed by atoms with Crippen molar-refractivity contribution in [1.29, 1.82) is 0 Å². The van der Waals surface area contributed by atoms with Crippen molar-refractivity contribution in [2.75, 3.05) is 6.61 Å². The van der Waals surface area contributed by atoms with E-state index >= 15 is 0 Å². The van der Waals surface area contributed by atoms with Gasteiger partial charge in [0.15, 0.2) is 0 Å². The van der Waals surface area contributed by atoms with E-state index in [1.54, 1.807) is 0 Å². The van der Waals surface area contributed by atoms with Crippen molar-refractivity contribution < 1.29 is 4.43 Å². The minimum absolute atomic E-state index is 0.316. The summed E-state index contributed by atoms with van der Waals surface area (Å²) in [6.45, 7) is 5.12. The monoisotopic (exact) mass is 320 g/mol. The Labute approximate surface area is 128 Å². The Morgan fingerprint density at radius 3 is 1.95 bits per heavy atom. The van der Waals surface area contributed by atoms with Gasteiger partial charge in [0.2, 0.25) is 8.32 Å². The maximum atomic E-state index is 6.10. The first-order valence-corrected chi connectivity index (χ1v) is 11.7. The molecule has 0 amide bonds. The summed E-state index contributed by atoms with van der Waals surface area (Å²) in [6.07, 6.45) is 10.2. The van der Waals surface area contributed by atoms with Crippen LogP contribution in [0.15, 0.2) is 0 Å². The zero-order chi connectivity index (χ0) is 13.7. The Kier molecular flexibility index (Phi) is 4.01. The topological polar surface area (TPSA) is 9.23 Å². The summed E-state index contributed by atoms with van der Waals surface area (Å²) in [4.78, 5) is 0. The molecule has 19 heavy (non-hydrogen) atoms. The van der Waals surface area contributed by atoms with Gasteiger partial charge in [0.1, 0.15) is 4.46 Å². The summed E-state index contributed by atoms with van der Waals surface area (Å²) in [5.74, 6) is 3.10. The predicted molar refractivity (Wildman–Crippen MR) is 84.2 cm³/mol. The minimum atomic E-state index is -1.88. The molecule has 0 N–H and O–H groups in total. The Bertz CT molecular complexity index is 308. The summed E-state index contributed by atoms with van der Waals surface area (Å²) in [5.41, 5.74) is 0.618. The van der Waals surface area contributed by atoms with E-state index < -0.39 is 8.32 Å². The molecule has 110 valence electrons. The molecule has 0 aromatic rings. The molecule has 4 aliphatic carbocycles. The van der Waals surface area contributed by atoms with Crippen LogP contribution in [0.1, 0.15) is 44.9 Å². The molecular formula is C15H26Cl2OSi. The number of rotatable bonds is 5. The SMILES string of the molecule is C[Si](C)(OCCC12CC3CC(CC(C3)C1)C2)C(Cl)Cl. The van der Waals surface area contributed by atoms with Gasteiger partial charge in [-0.05, 0) is 81.2 Å². The lowest BCUT2D eigenvalue weighted by atomic mass is 9.49. The van der Waals surface area contributed by atoms with Gasteiger partial charge in [0.05, 0.1) is 0 Å². The fourth-order valence-electron chi connectivity index (χ4n) is 5.19. The molecule has 4 fully saturated rings. The molecule has 4 heteroatoms. The van der Waals surface area contributed by atoms with Crippen LogP contribution in [0.2, 0.25) is 13.1 Å². The molecule has 0 spiro atoms. The zero-order valence-electron chi connectivity index (χ0n) is 12.1. The van der Waals surface area contributed by atoms with E-state index in [2.05, 4.69) is 13.1 Å². The number of hydrogen-bond donors (Lipinski definition) is 0. The number of hydrogen-bond acceptors (Lipinski definition) is 1. The van der Waals surface area contributed by atoms with Crippen LogP contribution in [0.3, 0.4) is 0 Å².